The van der Waals surface area contributed by atoms with Crippen molar-refractivity contribution in [3.63, 3.8) is 0 Å². The molecule has 6 nitrogen and oxygen atoms in total. The summed E-state index contributed by atoms with van der Waals surface area (Å²) < 4.78 is 5.52. The Balaban J connectivity index is 1.48. The SMILES string of the molecule is CCCOc1ccc(C(=O)NC(=S)Nc2ccc(C(=O)NC3CCCCC3)cc2)cc1. The second-order valence-electron chi connectivity index (χ2n) is 7.67. The molecule has 0 bridgehead atoms. The monoisotopic (exact) mass is 439 g/mol. The molecule has 164 valence electrons. The third-order valence-electron chi connectivity index (χ3n) is 5.16. The van der Waals surface area contributed by atoms with Crippen LogP contribution in [-0.2, 0) is 0 Å². The molecule has 1 aliphatic rings. The third kappa shape index (κ3) is 7.07. The molecule has 0 unspecified atom stereocenters. The molecule has 3 rings (SSSR count). The maximum absolute atomic E-state index is 12.4. The van der Waals surface area contributed by atoms with E-state index in [2.05, 4.69) is 16.0 Å². The Morgan fingerprint density at radius 3 is 2.19 bits per heavy atom. The van der Waals surface area contributed by atoms with Crippen LogP contribution in [-0.4, -0.2) is 29.6 Å². The van der Waals surface area contributed by atoms with E-state index in [0.717, 1.165) is 25.0 Å². The maximum Gasteiger partial charge on any atom is 0.257 e. The lowest BCUT2D eigenvalue weighted by Crippen LogP contribution is -2.36. The highest BCUT2D eigenvalue weighted by Gasteiger charge is 2.16. The molecule has 31 heavy (non-hydrogen) atoms. The summed E-state index contributed by atoms with van der Waals surface area (Å²) in [5.41, 5.74) is 1.79. The first-order chi connectivity index (χ1) is 15.0. The normalized spacial score (nSPS) is 13.8. The Bertz CT molecular complexity index is 891. The first-order valence-corrected chi connectivity index (χ1v) is 11.2. The number of benzene rings is 2. The molecule has 1 fully saturated rings. The van der Waals surface area contributed by atoms with Gasteiger partial charge in [-0.3, -0.25) is 14.9 Å². The van der Waals surface area contributed by atoms with Crippen molar-refractivity contribution in [3.05, 3.63) is 59.7 Å². The number of rotatable bonds is 7. The van der Waals surface area contributed by atoms with Gasteiger partial charge in [0.15, 0.2) is 5.11 Å². The number of hydrogen-bond acceptors (Lipinski definition) is 4. The maximum atomic E-state index is 12.4. The summed E-state index contributed by atoms with van der Waals surface area (Å²) in [5.74, 6) is 0.371. The lowest BCUT2D eigenvalue weighted by molar-refractivity contribution is 0.0926. The van der Waals surface area contributed by atoms with Crippen LogP contribution in [0.3, 0.4) is 0 Å². The fraction of sp³-hybridized carbons (Fsp3) is 0.375. The van der Waals surface area contributed by atoms with E-state index in [0.29, 0.717) is 23.4 Å². The first-order valence-electron chi connectivity index (χ1n) is 10.8. The van der Waals surface area contributed by atoms with Gasteiger partial charge in [0.1, 0.15) is 5.75 Å². The number of thiocarbonyl (C=S) groups is 1. The van der Waals surface area contributed by atoms with Crippen molar-refractivity contribution in [2.24, 2.45) is 0 Å². The van der Waals surface area contributed by atoms with Gasteiger partial charge in [-0.05, 0) is 80.0 Å². The number of anilines is 1. The molecular formula is C24H29N3O3S. The van der Waals surface area contributed by atoms with Crippen molar-refractivity contribution in [1.82, 2.24) is 10.6 Å². The average molecular weight is 440 g/mol. The Hall–Kier alpha value is -2.93. The van der Waals surface area contributed by atoms with Crippen molar-refractivity contribution in [2.75, 3.05) is 11.9 Å². The standard InChI is InChI=1S/C24H29N3O3S/c1-2-16-30-21-14-10-18(11-15-21)23(29)27-24(31)26-20-12-8-17(9-13-20)22(28)25-19-6-4-3-5-7-19/h8-15,19H,2-7,16H2,1H3,(H,25,28)(H2,26,27,29,31). The van der Waals surface area contributed by atoms with E-state index in [1.165, 1.54) is 19.3 Å². The second kappa shape index (κ2) is 11.5. The van der Waals surface area contributed by atoms with Crippen molar-refractivity contribution < 1.29 is 14.3 Å². The van der Waals surface area contributed by atoms with Crippen molar-refractivity contribution in [1.29, 1.82) is 0 Å². The number of amides is 2. The van der Waals surface area contributed by atoms with Gasteiger partial charge in [0, 0.05) is 22.9 Å². The average Bonchev–Trinajstić information content (AvgIpc) is 2.79. The minimum atomic E-state index is -0.303. The number of hydrogen-bond donors (Lipinski definition) is 3. The molecular weight excluding hydrogens is 410 g/mol. The van der Waals surface area contributed by atoms with Crippen LogP contribution in [0.2, 0.25) is 0 Å². The first kappa shape index (κ1) is 22.7. The zero-order valence-electron chi connectivity index (χ0n) is 17.8. The van der Waals surface area contributed by atoms with Crippen LogP contribution >= 0.6 is 12.2 Å². The molecule has 0 atom stereocenters. The van der Waals surface area contributed by atoms with E-state index in [4.69, 9.17) is 17.0 Å². The van der Waals surface area contributed by atoms with E-state index >= 15 is 0 Å². The van der Waals surface area contributed by atoms with Crippen LogP contribution in [0.15, 0.2) is 48.5 Å². The fourth-order valence-corrected chi connectivity index (χ4v) is 3.69. The highest BCUT2D eigenvalue weighted by Crippen LogP contribution is 2.18. The van der Waals surface area contributed by atoms with E-state index in [1.54, 1.807) is 48.5 Å². The van der Waals surface area contributed by atoms with Crippen molar-refractivity contribution in [3.8, 4) is 5.75 Å². The number of nitrogens with one attached hydrogen (secondary N) is 3. The van der Waals surface area contributed by atoms with E-state index in [-0.39, 0.29) is 23.0 Å². The van der Waals surface area contributed by atoms with Gasteiger partial charge in [-0.25, -0.2) is 0 Å². The zero-order valence-corrected chi connectivity index (χ0v) is 18.6. The molecule has 0 saturated heterocycles. The summed E-state index contributed by atoms with van der Waals surface area (Å²) in [4.78, 5) is 24.8. The molecule has 2 amide bonds. The largest absolute Gasteiger partial charge is 0.494 e. The predicted molar refractivity (Wildman–Crippen MR) is 127 cm³/mol. The molecule has 7 heteroatoms. The van der Waals surface area contributed by atoms with Gasteiger partial charge in [0.25, 0.3) is 11.8 Å². The summed E-state index contributed by atoms with van der Waals surface area (Å²) in [6, 6.07) is 14.2. The van der Waals surface area contributed by atoms with Crippen molar-refractivity contribution >= 4 is 34.8 Å². The van der Waals surface area contributed by atoms with Gasteiger partial charge in [0.05, 0.1) is 6.61 Å². The Labute approximate surface area is 188 Å². The topological polar surface area (TPSA) is 79.5 Å². The number of carbonyl (C=O) groups excluding carboxylic acids is 2. The highest BCUT2D eigenvalue weighted by atomic mass is 32.1. The van der Waals surface area contributed by atoms with Crippen molar-refractivity contribution in [2.45, 2.75) is 51.5 Å². The molecule has 2 aromatic rings. The summed E-state index contributed by atoms with van der Waals surface area (Å²) in [5, 5.41) is 8.93. The molecule has 0 heterocycles. The quantitative estimate of drug-likeness (QED) is 0.547. The molecule has 1 saturated carbocycles. The van der Waals surface area contributed by atoms with Gasteiger partial charge in [-0.2, -0.15) is 0 Å². The van der Waals surface area contributed by atoms with Crippen LogP contribution in [0.1, 0.15) is 66.2 Å². The van der Waals surface area contributed by atoms with Crippen LogP contribution < -0.4 is 20.7 Å². The minimum absolute atomic E-state index is 0.0549. The molecule has 0 aliphatic heterocycles. The smallest absolute Gasteiger partial charge is 0.257 e. The predicted octanol–water partition coefficient (Wildman–Crippen LogP) is 4.66. The molecule has 0 aromatic heterocycles. The molecule has 2 aromatic carbocycles. The summed E-state index contributed by atoms with van der Waals surface area (Å²) >= 11 is 5.24. The van der Waals surface area contributed by atoms with E-state index in [9.17, 15) is 9.59 Å². The van der Waals surface area contributed by atoms with Gasteiger partial charge in [0.2, 0.25) is 0 Å². The zero-order chi connectivity index (χ0) is 22.1. The van der Waals surface area contributed by atoms with Gasteiger partial charge < -0.3 is 15.4 Å². The van der Waals surface area contributed by atoms with Crippen LogP contribution in [0, 0.1) is 0 Å². The molecule has 0 radical (unpaired) electrons. The lowest BCUT2D eigenvalue weighted by atomic mass is 9.95. The minimum Gasteiger partial charge on any atom is -0.494 e. The van der Waals surface area contributed by atoms with Gasteiger partial charge >= 0.3 is 0 Å². The lowest BCUT2D eigenvalue weighted by Gasteiger charge is -2.22. The fourth-order valence-electron chi connectivity index (χ4n) is 3.48. The van der Waals surface area contributed by atoms with Crippen LogP contribution in [0.25, 0.3) is 0 Å². The number of carbonyl (C=O) groups is 2. The van der Waals surface area contributed by atoms with Crippen LogP contribution in [0.5, 0.6) is 5.75 Å². The Morgan fingerprint density at radius 1 is 0.935 bits per heavy atom. The molecule has 0 spiro atoms. The number of ether oxygens (including phenoxy) is 1. The summed E-state index contributed by atoms with van der Waals surface area (Å²) in [7, 11) is 0. The van der Waals surface area contributed by atoms with E-state index < -0.39 is 0 Å². The highest BCUT2D eigenvalue weighted by molar-refractivity contribution is 7.80. The Kier molecular flexibility index (Phi) is 8.41. The van der Waals surface area contributed by atoms with Gasteiger partial charge in [-0.1, -0.05) is 26.2 Å². The summed E-state index contributed by atoms with van der Waals surface area (Å²) in [6.45, 7) is 2.68. The second-order valence-corrected chi connectivity index (χ2v) is 8.08. The van der Waals surface area contributed by atoms with Gasteiger partial charge in [-0.15, -0.1) is 0 Å². The Morgan fingerprint density at radius 2 is 1.55 bits per heavy atom. The summed E-state index contributed by atoms with van der Waals surface area (Å²) in [6.07, 6.45) is 6.62. The molecule has 3 N–H and O–H groups in total. The third-order valence-corrected chi connectivity index (χ3v) is 5.37. The molecule has 1 aliphatic carbocycles. The van der Waals surface area contributed by atoms with E-state index in [1.807, 2.05) is 6.92 Å². The van der Waals surface area contributed by atoms with Crippen LogP contribution in [0.4, 0.5) is 5.69 Å².